The minimum absolute atomic E-state index is 0.819. The lowest BCUT2D eigenvalue weighted by molar-refractivity contribution is -0.147. The first-order valence-electron chi connectivity index (χ1n) is 8.50. The van der Waals surface area contributed by atoms with E-state index in [0.29, 0.717) is 0 Å². The van der Waals surface area contributed by atoms with Crippen LogP contribution in [0.2, 0.25) is 0 Å². The number of hydrogen-bond donors (Lipinski definition) is 9. The quantitative estimate of drug-likeness (QED) is 0.120. The van der Waals surface area contributed by atoms with E-state index in [-0.39, 0.29) is 0 Å². The molecule has 16 nitrogen and oxygen atoms in total. The van der Waals surface area contributed by atoms with Crippen LogP contribution in [-0.2, 0) is 33.6 Å². The van der Waals surface area contributed by atoms with Crippen LogP contribution in [0.3, 0.4) is 0 Å². The Labute approximate surface area is 173 Å². The molecule has 0 aliphatic rings. The van der Waals surface area contributed by atoms with Crippen molar-refractivity contribution < 1.29 is 54.0 Å². The zero-order chi connectivity index (χ0) is 24.3. The predicted molar refractivity (Wildman–Crippen MR) is 96.8 cm³/mol. The van der Waals surface area contributed by atoms with Crippen molar-refractivity contribution >= 4 is 41.5 Å². The third kappa shape index (κ3) is 10.5. The third-order valence-corrected chi connectivity index (χ3v) is 3.58. The lowest BCUT2D eigenvalue weighted by atomic mass is 10.1. The molecule has 0 spiro atoms. The number of rotatable bonds is 14. The molecule has 0 bridgehead atoms. The number of carboxylic acid groups (broad SMARTS) is 3. The first-order valence-corrected chi connectivity index (χ1v) is 8.50. The molecule has 0 fully saturated rings. The molecule has 11 N–H and O–H groups in total. The lowest BCUT2D eigenvalue weighted by Gasteiger charge is -2.23. The van der Waals surface area contributed by atoms with E-state index >= 15 is 0 Å². The number of amides is 4. The second-order valence-corrected chi connectivity index (χ2v) is 6.18. The molecule has 0 aromatic rings. The summed E-state index contributed by atoms with van der Waals surface area (Å²) in [6.45, 7) is -0.819. The van der Waals surface area contributed by atoms with Crippen molar-refractivity contribution in [3.05, 3.63) is 0 Å². The molecule has 4 unspecified atom stereocenters. The van der Waals surface area contributed by atoms with E-state index in [1.165, 1.54) is 0 Å². The minimum Gasteiger partial charge on any atom is -0.481 e. The number of carboxylic acids is 3. The summed E-state index contributed by atoms with van der Waals surface area (Å²) in [6.07, 6.45) is -2.85. The third-order valence-electron chi connectivity index (χ3n) is 3.58. The number of aliphatic carboxylic acids is 3. The van der Waals surface area contributed by atoms with E-state index in [1.807, 2.05) is 16.0 Å². The maximum Gasteiger partial charge on any atom is 0.326 e. The highest BCUT2D eigenvalue weighted by Crippen LogP contribution is 2.01. The summed E-state index contributed by atoms with van der Waals surface area (Å²) >= 11 is 0. The van der Waals surface area contributed by atoms with Gasteiger partial charge in [-0.3, -0.25) is 28.8 Å². The number of nitrogens with one attached hydrogen (secondary N) is 3. The van der Waals surface area contributed by atoms with Gasteiger partial charge in [-0.25, -0.2) is 4.79 Å². The van der Waals surface area contributed by atoms with Crippen molar-refractivity contribution in [1.29, 1.82) is 0 Å². The van der Waals surface area contributed by atoms with Gasteiger partial charge >= 0.3 is 17.9 Å². The van der Waals surface area contributed by atoms with Crippen LogP contribution in [-0.4, -0.2) is 92.7 Å². The summed E-state index contributed by atoms with van der Waals surface area (Å²) in [6, 6.07) is -7.00. The maximum atomic E-state index is 12.4. The van der Waals surface area contributed by atoms with Crippen LogP contribution in [0.25, 0.3) is 0 Å². The first kappa shape index (κ1) is 27.2. The van der Waals surface area contributed by atoms with Crippen molar-refractivity contribution in [2.24, 2.45) is 11.5 Å². The zero-order valence-electron chi connectivity index (χ0n) is 15.9. The second-order valence-electron chi connectivity index (χ2n) is 6.18. The monoisotopic (exact) mass is 449 g/mol. The Hall–Kier alpha value is -3.79. The molecule has 31 heavy (non-hydrogen) atoms. The van der Waals surface area contributed by atoms with Gasteiger partial charge < -0.3 is 47.8 Å². The molecule has 0 heterocycles. The van der Waals surface area contributed by atoms with E-state index in [0.717, 1.165) is 0 Å². The molecule has 0 radical (unpaired) electrons. The zero-order valence-corrected chi connectivity index (χ0v) is 15.9. The Bertz CT molecular complexity index is 741. The number of primary amides is 1. The Balaban J connectivity index is 5.53. The number of carbonyl (C=O) groups excluding carboxylic acids is 4. The maximum absolute atomic E-state index is 12.4. The molecule has 0 aliphatic carbocycles. The molecule has 0 saturated carbocycles. The molecule has 4 atom stereocenters. The van der Waals surface area contributed by atoms with E-state index in [1.54, 1.807) is 0 Å². The van der Waals surface area contributed by atoms with Gasteiger partial charge in [0.05, 0.1) is 25.9 Å². The van der Waals surface area contributed by atoms with Crippen LogP contribution in [0, 0.1) is 0 Å². The highest BCUT2D eigenvalue weighted by Gasteiger charge is 2.32. The number of nitrogens with two attached hydrogens (primary N) is 2. The Morgan fingerprint density at radius 2 is 1.06 bits per heavy atom. The van der Waals surface area contributed by atoms with E-state index < -0.39 is 91.6 Å². The number of carbonyl (C=O) groups is 7. The van der Waals surface area contributed by atoms with Crippen LogP contribution >= 0.6 is 0 Å². The van der Waals surface area contributed by atoms with Crippen LogP contribution in [0.4, 0.5) is 0 Å². The molecule has 0 rings (SSSR count). The Morgan fingerprint density at radius 1 is 0.677 bits per heavy atom. The smallest absolute Gasteiger partial charge is 0.326 e. The Kier molecular flexibility index (Phi) is 11.2. The number of aliphatic hydroxyl groups is 1. The molecular formula is C15H23N5O11. The molecule has 0 aromatic carbocycles. The summed E-state index contributed by atoms with van der Waals surface area (Å²) in [5.41, 5.74) is 10.2. The molecule has 0 saturated heterocycles. The molecular weight excluding hydrogens is 426 g/mol. The second kappa shape index (κ2) is 12.7. The van der Waals surface area contributed by atoms with Gasteiger partial charge in [-0.2, -0.15) is 0 Å². The molecule has 16 heteroatoms. The summed E-state index contributed by atoms with van der Waals surface area (Å²) < 4.78 is 0. The van der Waals surface area contributed by atoms with Gasteiger partial charge in [-0.05, 0) is 0 Å². The molecule has 4 amide bonds. The lowest BCUT2D eigenvalue weighted by Crippen LogP contribution is -2.58. The summed E-state index contributed by atoms with van der Waals surface area (Å²) in [5.74, 6) is -9.59. The van der Waals surface area contributed by atoms with Gasteiger partial charge in [0.1, 0.15) is 24.2 Å². The van der Waals surface area contributed by atoms with Crippen molar-refractivity contribution in [3.63, 3.8) is 0 Å². The summed E-state index contributed by atoms with van der Waals surface area (Å²) in [7, 11) is 0. The average molecular weight is 449 g/mol. The fourth-order valence-electron chi connectivity index (χ4n) is 2.08. The normalized spacial score (nSPS) is 14.3. The van der Waals surface area contributed by atoms with Crippen molar-refractivity contribution in [3.8, 4) is 0 Å². The topological polar surface area (TPSA) is 289 Å². The first-order chi connectivity index (χ1) is 14.3. The van der Waals surface area contributed by atoms with Crippen LogP contribution in [0.1, 0.15) is 19.3 Å². The SMILES string of the molecule is NC(=O)CC(NC(=O)C(CC(=O)O)NC(=O)C(N)CO)C(=O)NC(CC(=O)O)C(=O)O. The van der Waals surface area contributed by atoms with Crippen molar-refractivity contribution in [2.75, 3.05) is 6.61 Å². The van der Waals surface area contributed by atoms with Gasteiger partial charge in [0.25, 0.3) is 0 Å². The van der Waals surface area contributed by atoms with Gasteiger partial charge in [0.15, 0.2) is 0 Å². The van der Waals surface area contributed by atoms with Crippen molar-refractivity contribution in [1.82, 2.24) is 16.0 Å². The fourth-order valence-corrected chi connectivity index (χ4v) is 2.08. The van der Waals surface area contributed by atoms with Gasteiger partial charge in [-0.15, -0.1) is 0 Å². The van der Waals surface area contributed by atoms with E-state index in [9.17, 15) is 33.6 Å². The number of hydrogen-bond acceptors (Lipinski definition) is 9. The van der Waals surface area contributed by atoms with Gasteiger partial charge in [-0.1, -0.05) is 0 Å². The van der Waals surface area contributed by atoms with Gasteiger partial charge in [0, 0.05) is 0 Å². The highest BCUT2D eigenvalue weighted by molar-refractivity contribution is 5.97. The largest absolute Gasteiger partial charge is 0.481 e. The fraction of sp³-hybridized carbons (Fsp3) is 0.533. The molecule has 174 valence electrons. The standard InChI is InChI=1S/C15H23N5O11/c16-5(4-21)12(27)18-7(2-10(23)24)14(29)19-6(1-9(17)22)13(28)20-8(15(30)31)3-11(25)26/h5-8,21H,1-4,16H2,(H2,17,22)(H,18,27)(H,19,29)(H,20,28)(H,23,24)(H,25,26)(H,30,31). The average Bonchev–Trinajstić information content (AvgIpc) is 2.64. The minimum atomic E-state index is -1.91. The van der Waals surface area contributed by atoms with Gasteiger partial charge in [0.2, 0.25) is 23.6 Å². The highest BCUT2D eigenvalue weighted by atomic mass is 16.4. The van der Waals surface area contributed by atoms with E-state index in [4.69, 9.17) is 31.9 Å². The van der Waals surface area contributed by atoms with Crippen LogP contribution < -0.4 is 27.4 Å². The summed E-state index contributed by atoms with van der Waals surface area (Å²) in [4.78, 5) is 80.4. The van der Waals surface area contributed by atoms with Crippen molar-refractivity contribution in [2.45, 2.75) is 43.4 Å². The summed E-state index contributed by atoms with van der Waals surface area (Å²) in [5, 5.41) is 41.1. The van der Waals surface area contributed by atoms with Crippen LogP contribution in [0.15, 0.2) is 0 Å². The number of aliphatic hydroxyl groups excluding tert-OH is 1. The molecule has 0 aromatic heterocycles. The molecule has 0 aliphatic heterocycles. The van der Waals surface area contributed by atoms with Crippen LogP contribution in [0.5, 0.6) is 0 Å². The Morgan fingerprint density at radius 3 is 1.45 bits per heavy atom. The predicted octanol–water partition coefficient (Wildman–Crippen LogP) is -5.33. The van der Waals surface area contributed by atoms with E-state index in [2.05, 4.69) is 0 Å².